The first-order valence-corrected chi connectivity index (χ1v) is 10.8. The lowest BCUT2D eigenvalue weighted by atomic mass is 9.87. The number of carbonyl (C=O) groups excluding carboxylic acids is 2. The highest BCUT2D eigenvalue weighted by Crippen LogP contribution is 2.30. The summed E-state index contributed by atoms with van der Waals surface area (Å²) in [5.74, 6) is 0.846. The van der Waals surface area contributed by atoms with Gasteiger partial charge in [0.1, 0.15) is 5.76 Å². The Morgan fingerprint density at radius 3 is 2.81 bits per heavy atom. The standard InChI is InChI=1S/C24H28N4O3/c29-22(8-11-24(12-9-23(30)27-24)17-20-7-4-16-31-20)26-21(19-5-2-1-3-6-19)10-14-28-15-13-25-18-28/h1-7,13,15-16,18,21H,8-12,14,17H2,(H,26,29)(H,27,30). The summed E-state index contributed by atoms with van der Waals surface area (Å²) in [5.41, 5.74) is 0.654. The smallest absolute Gasteiger partial charge is 0.220 e. The predicted molar refractivity (Wildman–Crippen MR) is 116 cm³/mol. The van der Waals surface area contributed by atoms with Crippen LogP contribution in [0.25, 0.3) is 0 Å². The summed E-state index contributed by atoms with van der Waals surface area (Å²) in [6, 6.07) is 13.7. The molecule has 0 aliphatic carbocycles. The molecule has 1 saturated heterocycles. The van der Waals surface area contributed by atoms with Gasteiger partial charge in [0, 0.05) is 43.7 Å². The van der Waals surface area contributed by atoms with Crippen LogP contribution in [0.4, 0.5) is 0 Å². The van der Waals surface area contributed by atoms with E-state index in [1.54, 1.807) is 18.8 Å². The molecule has 2 N–H and O–H groups in total. The number of aromatic nitrogens is 2. The zero-order valence-corrected chi connectivity index (χ0v) is 17.5. The molecule has 0 bridgehead atoms. The Labute approximate surface area is 181 Å². The normalized spacial score (nSPS) is 19.2. The van der Waals surface area contributed by atoms with Crippen molar-refractivity contribution >= 4 is 11.8 Å². The summed E-state index contributed by atoms with van der Waals surface area (Å²) in [7, 11) is 0. The quantitative estimate of drug-likeness (QED) is 0.526. The fourth-order valence-corrected chi connectivity index (χ4v) is 4.25. The summed E-state index contributed by atoms with van der Waals surface area (Å²) in [6.07, 6.45) is 10.6. The third-order valence-electron chi connectivity index (χ3n) is 5.93. The molecule has 4 rings (SSSR count). The van der Waals surface area contributed by atoms with Crippen LogP contribution in [-0.2, 0) is 22.6 Å². The topological polar surface area (TPSA) is 89.2 Å². The first kappa shape index (κ1) is 20.9. The molecule has 2 atom stereocenters. The molecule has 2 aromatic heterocycles. The Kier molecular flexibility index (Phi) is 6.50. The van der Waals surface area contributed by atoms with Gasteiger partial charge in [-0.3, -0.25) is 9.59 Å². The van der Waals surface area contributed by atoms with Crippen LogP contribution >= 0.6 is 0 Å². The lowest BCUT2D eigenvalue weighted by Crippen LogP contribution is -2.44. The summed E-state index contributed by atoms with van der Waals surface area (Å²) in [6.45, 7) is 0.762. The molecule has 1 aliphatic heterocycles. The Morgan fingerprint density at radius 2 is 2.13 bits per heavy atom. The second-order valence-corrected chi connectivity index (χ2v) is 8.20. The first-order valence-electron chi connectivity index (χ1n) is 10.8. The second kappa shape index (κ2) is 9.64. The Hall–Kier alpha value is -3.35. The van der Waals surface area contributed by atoms with Crippen molar-refractivity contribution in [3.8, 4) is 0 Å². The van der Waals surface area contributed by atoms with Gasteiger partial charge in [-0.2, -0.15) is 0 Å². The minimum absolute atomic E-state index is 0.0144. The van der Waals surface area contributed by atoms with Crippen molar-refractivity contribution in [1.82, 2.24) is 20.2 Å². The van der Waals surface area contributed by atoms with Gasteiger partial charge >= 0.3 is 0 Å². The lowest BCUT2D eigenvalue weighted by Gasteiger charge is -2.28. The first-order chi connectivity index (χ1) is 15.1. The van der Waals surface area contributed by atoms with E-state index in [9.17, 15) is 9.59 Å². The predicted octanol–water partition coefficient (Wildman–Crippen LogP) is 3.40. The summed E-state index contributed by atoms with van der Waals surface area (Å²) in [5, 5.41) is 6.30. The number of benzene rings is 1. The van der Waals surface area contributed by atoms with Crippen molar-refractivity contribution in [3.63, 3.8) is 0 Å². The molecule has 7 nitrogen and oxygen atoms in total. The van der Waals surface area contributed by atoms with Gasteiger partial charge in [0.2, 0.25) is 11.8 Å². The van der Waals surface area contributed by atoms with E-state index in [0.717, 1.165) is 24.3 Å². The maximum absolute atomic E-state index is 12.9. The highest BCUT2D eigenvalue weighted by molar-refractivity contribution is 5.80. The Morgan fingerprint density at radius 1 is 1.26 bits per heavy atom. The number of furan rings is 1. The highest BCUT2D eigenvalue weighted by atomic mass is 16.3. The monoisotopic (exact) mass is 420 g/mol. The van der Waals surface area contributed by atoms with Gasteiger partial charge in [0.25, 0.3) is 0 Å². The number of hydrogen-bond donors (Lipinski definition) is 2. The molecule has 0 spiro atoms. The Bertz CT molecular complexity index is 970. The van der Waals surface area contributed by atoms with Crippen molar-refractivity contribution in [2.75, 3.05) is 0 Å². The van der Waals surface area contributed by atoms with Gasteiger partial charge in [0.15, 0.2) is 0 Å². The van der Waals surface area contributed by atoms with E-state index in [4.69, 9.17) is 4.42 Å². The average molecular weight is 421 g/mol. The van der Waals surface area contributed by atoms with E-state index in [1.165, 1.54) is 0 Å². The fourth-order valence-electron chi connectivity index (χ4n) is 4.25. The van der Waals surface area contributed by atoms with Gasteiger partial charge in [-0.05, 0) is 37.0 Å². The Balaban J connectivity index is 1.38. The minimum Gasteiger partial charge on any atom is -0.469 e. The van der Waals surface area contributed by atoms with Crippen LogP contribution in [0.3, 0.4) is 0 Å². The van der Waals surface area contributed by atoms with E-state index >= 15 is 0 Å². The SMILES string of the molecule is O=C(CCC1(Cc2ccco2)CCC(=O)N1)NC(CCn1ccnc1)c1ccccc1. The number of carbonyl (C=O) groups is 2. The molecule has 31 heavy (non-hydrogen) atoms. The van der Waals surface area contributed by atoms with Crippen molar-refractivity contribution in [1.29, 1.82) is 0 Å². The van der Waals surface area contributed by atoms with Gasteiger partial charge < -0.3 is 19.6 Å². The second-order valence-electron chi connectivity index (χ2n) is 8.20. The summed E-state index contributed by atoms with van der Waals surface area (Å²) >= 11 is 0. The third-order valence-corrected chi connectivity index (χ3v) is 5.93. The molecule has 2 amide bonds. The number of hydrogen-bond acceptors (Lipinski definition) is 4. The van der Waals surface area contributed by atoms with Gasteiger partial charge in [-0.1, -0.05) is 30.3 Å². The number of imidazole rings is 1. The largest absolute Gasteiger partial charge is 0.469 e. The van der Waals surface area contributed by atoms with Crippen LogP contribution in [0.1, 0.15) is 49.5 Å². The van der Waals surface area contributed by atoms with Crippen LogP contribution in [0.5, 0.6) is 0 Å². The number of rotatable bonds is 10. The van der Waals surface area contributed by atoms with Crippen LogP contribution in [0.2, 0.25) is 0 Å². The number of nitrogens with zero attached hydrogens (tertiary/aromatic N) is 2. The maximum Gasteiger partial charge on any atom is 0.220 e. The number of aryl methyl sites for hydroxylation is 1. The molecule has 0 saturated carbocycles. The van der Waals surface area contributed by atoms with E-state index in [0.29, 0.717) is 32.1 Å². The number of nitrogens with one attached hydrogen (secondary N) is 2. The minimum atomic E-state index is -0.425. The van der Waals surface area contributed by atoms with Crippen LogP contribution in [0, 0.1) is 0 Å². The van der Waals surface area contributed by atoms with Crippen LogP contribution in [0.15, 0.2) is 71.9 Å². The van der Waals surface area contributed by atoms with Gasteiger partial charge in [0.05, 0.1) is 18.6 Å². The van der Waals surface area contributed by atoms with Crippen LogP contribution in [-0.4, -0.2) is 26.9 Å². The lowest BCUT2D eigenvalue weighted by molar-refractivity contribution is -0.123. The molecule has 7 heteroatoms. The molecule has 1 aromatic carbocycles. The van der Waals surface area contributed by atoms with E-state index in [2.05, 4.69) is 15.6 Å². The van der Waals surface area contributed by atoms with Crippen molar-refractivity contribution in [3.05, 3.63) is 78.8 Å². The van der Waals surface area contributed by atoms with Crippen LogP contribution < -0.4 is 10.6 Å². The third kappa shape index (κ3) is 5.63. The molecule has 1 fully saturated rings. The van der Waals surface area contributed by atoms with Crippen molar-refractivity contribution in [2.24, 2.45) is 0 Å². The van der Waals surface area contributed by atoms with Gasteiger partial charge in [-0.15, -0.1) is 0 Å². The molecule has 0 radical (unpaired) electrons. The molecule has 2 unspecified atom stereocenters. The van der Waals surface area contributed by atoms with E-state index in [-0.39, 0.29) is 17.9 Å². The van der Waals surface area contributed by atoms with Gasteiger partial charge in [-0.25, -0.2) is 4.98 Å². The number of amides is 2. The molecule has 3 aromatic rings. The highest BCUT2D eigenvalue weighted by Gasteiger charge is 2.38. The molecular weight excluding hydrogens is 392 g/mol. The van der Waals surface area contributed by atoms with E-state index in [1.807, 2.05) is 53.2 Å². The average Bonchev–Trinajstić information content (AvgIpc) is 3.54. The maximum atomic E-state index is 12.9. The zero-order chi connectivity index (χ0) is 21.5. The summed E-state index contributed by atoms with van der Waals surface area (Å²) in [4.78, 5) is 28.9. The molecule has 3 heterocycles. The van der Waals surface area contributed by atoms with E-state index < -0.39 is 5.54 Å². The molecular formula is C24H28N4O3. The van der Waals surface area contributed by atoms with Crippen molar-refractivity contribution < 1.29 is 14.0 Å². The molecule has 162 valence electrons. The fraction of sp³-hybridized carbons (Fsp3) is 0.375. The zero-order valence-electron chi connectivity index (χ0n) is 17.5. The summed E-state index contributed by atoms with van der Waals surface area (Å²) < 4.78 is 7.50. The van der Waals surface area contributed by atoms with Crippen molar-refractivity contribution in [2.45, 2.75) is 56.7 Å². The molecule has 1 aliphatic rings.